The van der Waals surface area contributed by atoms with Crippen LogP contribution in [0.1, 0.15) is 50.3 Å². The van der Waals surface area contributed by atoms with Crippen LogP contribution in [0.25, 0.3) is 5.76 Å². The van der Waals surface area contributed by atoms with Crippen molar-refractivity contribution in [1.82, 2.24) is 9.80 Å². The zero-order valence-corrected chi connectivity index (χ0v) is 25.1. The average Bonchev–Trinajstić information content (AvgIpc) is 2.85. The van der Waals surface area contributed by atoms with Gasteiger partial charge in [0, 0.05) is 30.0 Å². The summed E-state index contributed by atoms with van der Waals surface area (Å²) in [4.78, 5) is 48.7. The summed E-state index contributed by atoms with van der Waals surface area (Å²) >= 11 is 0. The molecule has 0 aromatic heterocycles. The van der Waals surface area contributed by atoms with E-state index in [0.717, 1.165) is 0 Å². The summed E-state index contributed by atoms with van der Waals surface area (Å²) in [6.45, 7) is 6.22. The molecule has 228 valence electrons. The number of benzene rings is 1. The number of fused-ring (bicyclic) bond motifs is 3. The zero-order valence-electron chi connectivity index (χ0n) is 25.1. The zero-order chi connectivity index (χ0) is 31.5. The summed E-state index contributed by atoms with van der Waals surface area (Å²) < 4.78 is 0. The first-order valence-corrected chi connectivity index (χ1v) is 13.8. The Bertz CT molecular complexity index is 1440. The number of aromatic hydroxyl groups is 1. The highest BCUT2D eigenvalue weighted by Gasteiger charge is 2.64. The number of likely N-dealkylation sites (N-methyl/N-ethyl adjacent to an activating group) is 1. The van der Waals surface area contributed by atoms with Crippen molar-refractivity contribution in [3.63, 3.8) is 0 Å². The van der Waals surface area contributed by atoms with Gasteiger partial charge in [-0.1, -0.05) is 5.16 Å². The number of phenols is 1. The highest BCUT2D eigenvalue weighted by molar-refractivity contribution is 6.24. The standard InChI is InChI=1S/C30H40N4O8/c1-29(2,3)42-32-18(10-11-33(4)5)15-8-9-19(35)21-16(15)12-14-13-17-23(34(6)7)25(37)22(28(31)40)27(39)30(17,41)26(38)20(14)24(21)36/h8-9,14,17,23,35-36,39,41H,10-13H2,1-7H3,(H2,31,40)/t14-,17-,23-,30-/m0/s1. The number of nitrogens with two attached hydrogens (primary N) is 1. The number of hydrogen-bond donors (Lipinski definition) is 5. The maximum atomic E-state index is 14.0. The molecule has 12 heteroatoms. The Labute approximate surface area is 244 Å². The molecule has 1 aromatic carbocycles. The Morgan fingerprint density at radius 1 is 1.14 bits per heavy atom. The minimum absolute atomic E-state index is 0.00350. The van der Waals surface area contributed by atoms with Gasteiger partial charge in [0.15, 0.2) is 11.4 Å². The predicted molar refractivity (Wildman–Crippen MR) is 155 cm³/mol. The van der Waals surface area contributed by atoms with Crippen LogP contribution in [-0.4, -0.2) is 105 Å². The number of aliphatic hydroxyl groups excluding tert-OH is 2. The van der Waals surface area contributed by atoms with Crippen molar-refractivity contribution in [1.29, 1.82) is 0 Å². The SMILES string of the molecule is CN(C)CCC(=NOC(C)(C)C)c1ccc(O)c2c1C[C@H]1C[C@H]3[C@H](N(C)C)C(=O)C(C(N)=O)=C(O)[C@@]3(O)C(=O)C1=C2O. The fraction of sp³-hybridized carbons (Fsp3) is 0.533. The monoisotopic (exact) mass is 584 g/mol. The Morgan fingerprint density at radius 2 is 1.79 bits per heavy atom. The molecule has 3 aliphatic rings. The summed E-state index contributed by atoms with van der Waals surface area (Å²) in [5, 5.41) is 49.6. The maximum Gasteiger partial charge on any atom is 0.255 e. The van der Waals surface area contributed by atoms with Gasteiger partial charge >= 0.3 is 0 Å². The molecule has 0 bridgehead atoms. The lowest BCUT2D eigenvalue weighted by Gasteiger charge is -2.50. The van der Waals surface area contributed by atoms with Gasteiger partial charge in [-0.3, -0.25) is 19.3 Å². The molecule has 0 aliphatic heterocycles. The van der Waals surface area contributed by atoms with Gasteiger partial charge < -0.3 is 35.9 Å². The highest BCUT2D eigenvalue weighted by Crippen LogP contribution is 2.53. The van der Waals surface area contributed by atoms with Crippen LogP contribution in [-0.2, 0) is 25.6 Å². The normalized spacial score (nSPS) is 26.4. The molecular weight excluding hydrogens is 544 g/mol. The van der Waals surface area contributed by atoms with E-state index in [2.05, 4.69) is 5.16 Å². The molecule has 12 nitrogen and oxygen atoms in total. The third-order valence-corrected chi connectivity index (χ3v) is 8.14. The number of rotatable bonds is 7. The predicted octanol–water partition coefficient (Wildman–Crippen LogP) is 1.43. The molecule has 42 heavy (non-hydrogen) atoms. The number of oxime groups is 1. The van der Waals surface area contributed by atoms with Crippen molar-refractivity contribution >= 4 is 28.9 Å². The second-order valence-electron chi connectivity index (χ2n) is 12.7. The Hall–Kier alpha value is -3.74. The van der Waals surface area contributed by atoms with E-state index in [9.17, 15) is 34.8 Å². The molecule has 1 amide bonds. The summed E-state index contributed by atoms with van der Waals surface area (Å²) in [7, 11) is 6.97. The van der Waals surface area contributed by atoms with Crippen LogP contribution in [0.3, 0.4) is 0 Å². The smallest absolute Gasteiger partial charge is 0.255 e. The van der Waals surface area contributed by atoms with Crippen molar-refractivity contribution in [3.05, 3.63) is 45.7 Å². The topological polar surface area (TPSA) is 186 Å². The van der Waals surface area contributed by atoms with Crippen LogP contribution in [0.5, 0.6) is 5.75 Å². The highest BCUT2D eigenvalue weighted by atomic mass is 16.6. The van der Waals surface area contributed by atoms with E-state index >= 15 is 0 Å². The number of hydrogen-bond acceptors (Lipinski definition) is 11. The summed E-state index contributed by atoms with van der Waals surface area (Å²) in [6, 6.07) is 1.93. The van der Waals surface area contributed by atoms with E-state index < -0.39 is 63.6 Å². The van der Waals surface area contributed by atoms with Crippen LogP contribution in [0.15, 0.2) is 34.2 Å². The molecule has 1 fully saturated rings. The lowest BCUT2D eigenvalue weighted by atomic mass is 9.57. The number of primary amides is 1. The van der Waals surface area contributed by atoms with E-state index in [-0.39, 0.29) is 29.7 Å². The summed E-state index contributed by atoms with van der Waals surface area (Å²) in [5.74, 6) is -6.91. The van der Waals surface area contributed by atoms with Gasteiger partial charge in [-0.2, -0.15) is 0 Å². The number of phenolic OH excluding ortho intramolecular Hbond substituents is 1. The van der Waals surface area contributed by atoms with Crippen LogP contribution in [0.2, 0.25) is 0 Å². The lowest BCUT2D eigenvalue weighted by molar-refractivity contribution is -0.153. The van der Waals surface area contributed by atoms with Gasteiger partial charge in [0.2, 0.25) is 5.78 Å². The molecule has 3 aliphatic carbocycles. The second kappa shape index (κ2) is 10.8. The molecule has 1 aromatic rings. The van der Waals surface area contributed by atoms with E-state index in [0.29, 0.717) is 29.8 Å². The van der Waals surface area contributed by atoms with Gasteiger partial charge in [-0.15, -0.1) is 0 Å². The Balaban J connectivity index is 1.93. The largest absolute Gasteiger partial charge is 0.508 e. The van der Waals surface area contributed by atoms with Crippen molar-refractivity contribution in [2.45, 2.75) is 57.3 Å². The quantitative estimate of drug-likeness (QED) is 0.178. The van der Waals surface area contributed by atoms with Gasteiger partial charge in [0.05, 0.1) is 17.3 Å². The molecule has 1 saturated carbocycles. The minimum Gasteiger partial charge on any atom is -0.508 e. The third-order valence-electron chi connectivity index (χ3n) is 8.14. The van der Waals surface area contributed by atoms with Gasteiger partial charge in [0.25, 0.3) is 5.91 Å². The summed E-state index contributed by atoms with van der Waals surface area (Å²) in [5.41, 5.74) is 2.82. The van der Waals surface area contributed by atoms with E-state index in [1.165, 1.54) is 11.0 Å². The number of aliphatic hydroxyl groups is 3. The van der Waals surface area contributed by atoms with Crippen LogP contribution >= 0.6 is 0 Å². The van der Waals surface area contributed by atoms with Crippen molar-refractivity contribution in [2.24, 2.45) is 22.7 Å². The Morgan fingerprint density at radius 3 is 2.33 bits per heavy atom. The molecule has 4 atom stereocenters. The molecule has 0 unspecified atom stereocenters. The molecule has 0 heterocycles. The fourth-order valence-electron chi connectivity index (χ4n) is 6.27. The van der Waals surface area contributed by atoms with Crippen molar-refractivity contribution in [3.8, 4) is 5.75 Å². The molecule has 6 N–H and O–H groups in total. The van der Waals surface area contributed by atoms with E-state index in [4.69, 9.17) is 10.6 Å². The minimum atomic E-state index is -2.68. The number of ketones is 2. The molecule has 0 radical (unpaired) electrons. The summed E-state index contributed by atoms with van der Waals surface area (Å²) in [6.07, 6.45) is 0.646. The van der Waals surface area contributed by atoms with Crippen molar-refractivity contribution in [2.75, 3.05) is 34.7 Å². The molecule has 0 spiro atoms. The van der Waals surface area contributed by atoms with Crippen LogP contribution < -0.4 is 5.73 Å². The number of Topliss-reactive ketones (excluding diaryl/α,β-unsaturated/α-hetero) is 2. The molecular formula is C30H40N4O8. The maximum absolute atomic E-state index is 14.0. The molecule has 4 rings (SSSR count). The number of carbonyl (C=O) groups excluding carboxylic acids is 3. The van der Waals surface area contributed by atoms with E-state index in [1.807, 2.05) is 39.8 Å². The van der Waals surface area contributed by atoms with Gasteiger partial charge in [0.1, 0.15) is 28.4 Å². The van der Waals surface area contributed by atoms with Crippen LogP contribution in [0.4, 0.5) is 0 Å². The lowest BCUT2D eigenvalue weighted by Crippen LogP contribution is -2.65. The first-order chi connectivity index (χ1) is 19.4. The average molecular weight is 585 g/mol. The molecule has 0 saturated heterocycles. The van der Waals surface area contributed by atoms with Crippen molar-refractivity contribution < 1.29 is 39.6 Å². The van der Waals surface area contributed by atoms with E-state index in [1.54, 1.807) is 20.2 Å². The first-order valence-electron chi connectivity index (χ1n) is 13.8. The van der Waals surface area contributed by atoms with Gasteiger partial charge in [-0.05, 0) is 85.4 Å². The fourth-order valence-corrected chi connectivity index (χ4v) is 6.27. The number of carbonyl (C=O) groups is 3. The Kier molecular flexibility index (Phi) is 8.04. The number of amides is 1. The third kappa shape index (κ3) is 5.07. The second-order valence-corrected chi connectivity index (χ2v) is 12.7. The number of nitrogens with zero attached hydrogens (tertiary/aromatic N) is 3. The van der Waals surface area contributed by atoms with Gasteiger partial charge in [-0.25, -0.2) is 0 Å². The van der Waals surface area contributed by atoms with Crippen LogP contribution in [0, 0.1) is 11.8 Å². The first kappa shape index (κ1) is 31.2.